The molecular weight excluding hydrogens is 431 g/mol. The zero-order valence-electron chi connectivity index (χ0n) is 18.1. The van der Waals surface area contributed by atoms with Gasteiger partial charge >= 0.3 is 6.09 Å². The number of carbonyl (C=O) groups excluding carboxylic acids is 1. The van der Waals surface area contributed by atoms with Crippen LogP contribution < -0.4 is 5.32 Å². The molecule has 1 unspecified atom stereocenters. The molecular formula is C23H25FN4O3S. The molecule has 0 saturated carbocycles. The number of rotatable bonds is 2. The lowest BCUT2D eigenvalue weighted by molar-refractivity contribution is 0.0976. The number of amidine groups is 1. The maximum Gasteiger partial charge on any atom is 0.407 e. The SMILES string of the molecule is CC(C)(C)C1SC(NC(=O)c2ccccc2)=N[C@@]2(c3ccc(F)cn3)CN(C(=O)O)C[C@@H]12. The number of nitrogens with one attached hydrogen (secondary N) is 1. The summed E-state index contributed by atoms with van der Waals surface area (Å²) in [7, 11) is 0. The second kappa shape index (κ2) is 8.20. The molecule has 168 valence electrons. The number of nitrogens with zero attached hydrogens (tertiary/aromatic N) is 3. The third kappa shape index (κ3) is 4.09. The topological polar surface area (TPSA) is 94.9 Å². The minimum atomic E-state index is -1.04. The van der Waals surface area contributed by atoms with Gasteiger partial charge in [-0.3, -0.25) is 9.78 Å². The van der Waals surface area contributed by atoms with Gasteiger partial charge in [-0.2, -0.15) is 0 Å². The Labute approximate surface area is 190 Å². The van der Waals surface area contributed by atoms with Crippen LogP contribution in [0.5, 0.6) is 0 Å². The Kier molecular flexibility index (Phi) is 5.70. The molecule has 2 amide bonds. The molecule has 2 aromatic rings. The Morgan fingerprint density at radius 1 is 1.22 bits per heavy atom. The molecule has 2 N–H and O–H groups in total. The third-order valence-electron chi connectivity index (χ3n) is 5.92. The van der Waals surface area contributed by atoms with Crippen LogP contribution in [0.2, 0.25) is 0 Å². The first kappa shape index (κ1) is 22.3. The van der Waals surface area contributed by atoms with Crippen molar-refractivity contribution in [3.8, 4) is 0 Å². The summed E-state index contributed by atoms with van der Waals surface area (Å²) in [5.41, 5.74) is -0.256. The van der Waals surface area contributed by atoms with E-state index < -0.39 is 17.4 Å². The maximum atomic E-state index is 13.6. The summed E-state index contributed by atoms with van der Waals surface area (Å²) < 4.78 is 13.6. The molecule has 0 radical (unpaired) electrons. The number of thioether (sulfide) groups is 1. The molecule has 0 spiro atoms. The fourth-order valence-electron chi connectivity index (χ4n) is 4.44. The quantitative estimate of drug-likeness (QED) is 0.713. The molecule has 3 atom stereocenters. The molecule has 9 heteroatoms. The van der Waals surface area contributed by atoms with Crippen LogP contribution in [0.25, 0.3) is 0 Å². The minimum absolute atomic E-state index is 0.0673. The standard InChI is InChI=1S/C23H25FN4O3S/c1-22(2,3)18-16-12-28(21(30)31)13-23(16,17-10-9-15(24)11-25-17)27-20(32-18)26-19(29)14-7-5-4-6-8-14/h4-11,16,18H,12-13H2,1-3H3,(H,30,31)(H,26,27,29)/t16-,18?,23-/m0/s1. The number of hydrogen-bond acceptors (Lipinski definition) is 5. The number of benzene rings is 1. The summed E-state index contributed by atoms with van der Waals surface area (Å²) in [6.45, 7) is 6.62. The molecule has 2 aliphatic rings. The second-order valence-electron chi connectivity index (χ2n) is 9.20. The Bertz CT molecular complexity index is 1060. The van der Waals surface area contributed by atoms with Gasteiger partial charge in [0.1, 0.15) is 11.4 Å². The average molecular weight is 457 g/mol. The van der Waals surface area contributed by atoms with Gasteiger partial charge in [-0.1, -0.05) is 50.7 Å². The summed E-state index contributed by atoms with van der Waals surface area (Å²) in [5, 5.41) is 13.0. The zero-order chi connectivity index (χ0) is 23.1. The Balaban J connectivity index is 1.81. The lowest BCUT2D eigenvalue weighted by Gasteiger charge is -2.44. The Morgan fingerprint density at radius 2 is 1.94 bits per heavy atom. The van der Waals surface area contributed by atoms with Crippen molar-refractivity contribution < 1.29 is 19.1 Å². The largest absolute Gasteiger partial charge is 0.465 e. The summed E-state index contributed by atoms with van der Waals surface area (Å²) in [6.07, 6.45) is 0.0829. The van der Waals surface area contributed by atoms with E-state index in [1.807, 2.05) is 6.07 Å². The smallest absolute Gasteiger partial charge is 0.407 e. The molecule has 1 aromatic heterocycles. The third-order valence-corrected chi connectivity index (χ3v) is 7.63. The fourth-order valence-corrected chi connectivity index (χ4v) is 5.87. The van der Waals surface area contributed by atoms with Gasteiger partial charge in [-0.15, -0.1) is 0 Å². The maximum absolute atomic E-state index is 13.6. The predicted octanol–water partition coefficient (Wildman–Crippen LogP) is 3.97. The van der Waals surface area contributed by atoms with Gasteiger partial charge in [0.2, 0.25) is 0 Å². The van der Waals surface area contributed by atoms with E-state index in [9.17, 15) is 19.1 Å². The zero-order valence-corrected chi connectivity index (χ0v) is 18.9. The normalized spacial score (nSPS) is 25.1. The van der Waals surface area contributed by atoms with Crippen molar-refractivity contribution in [3.05, 3.63) is 65.7 Å². The van der Waals surface area contributed by atoms with Crippen LogP contribution in [0.3, 0.4) is 0 Å². The van der Waals surface area contributed by atoms with E-state index in [4.69, 9.17) is 4.99 Å². The van der Waals surface area contributed by atoms with E-state index >= 15 is 0 Å². The molecule has 1 aromatic carbocycles. The number of halogens is 1. The number of carboxylic acid groups (broad SMARTS) is 1. The first-order valence-corrected chi connectivity index (χ1v) is 11.2. The van der Waals surface area contributed by atoms with E-state index in [0.29, 0.717) is 16.4 Å². The summed E-state index contributed by atoms with van der Waals surface area (Å²) in [5.74, 6) is -0.967. The minimum Gasteiger partial charge on any atom is -0.465 e. The van der Waals surface area contributed by atoms with Gasteiger partial charge in [0.15, 0.2) is 5.17 Å². The Hall–Kier alpha value is -2.94. The summed E-state index contributed by atoms with van der Waals surface area (Å²) >= 11 is 1.44. The summed E-state index contributed by atoms with van der Waals surface area (Å²) in [6, 6.07) is 11.7. The van der Waals surface area contributed by atoms with Crippen LogP contribution in [0.4, 0.5) is 9.18 Å². The molecule has 7 nitrogen and oxygen atoms in total. The van der Waals surface area contributed by atoms with Crippen molar-refractivity contribution in [2.24, 2.45) is 16.3 Å². The lowest BCUT2D eigenvalue weighted by atomic mass is 9.74. The van der Waals surface area contributed by atoms with Gasteiger partial charge in [-0.05, 0) is 29.7 Å². The highest BCUT2D eigenvalue weighted by Crippen LogP contribution is 2.53. The first-order chi connectivity index (χ1) is 15.1. The highest BCUT2D eigenvalue weighted by atomic mass is 32.2. The van der Waals surface area contributed by atoms with E-state index in [1.165, 1.54) is 22.7 Å². The van der Waals surface area contributed by atoms with Crippen molar-refractivity contribution >= 4 is 28.9 Å². The van der Waals surface area contributed by atoms with Crippen molar-refractivity contribution in [3.63, 3.8) is 0 Å². The highest BCUT2D eigenvalue weighted by molar-refractivity contribution is 8.14. The number of aliphatic imine (C=N–C) groups is 1. The molecule has 3 heterocycles. The number of hydrogen-bond donors (Lipinski definition) is 2. The number of carbonyl (C=O) groups is 2. The van der Waals surface area contributed by atoms with Crippen LogP contribution in [0.1, 0.15) is 36.8 Å². The van der Waals surface area contributed by atoms with Gasteiger partial charge in [0.05, 0.1) is 18.4 Å². The number of likely N-dealkylation sites (tertiary alicyclic amines) is 1. The summed E-state index contributed by atoms with van der Waals surface area (Å²) in [4.78, 5) is 35.3. The van der Waals surface area contributed by atoms with Crippen LogP contribution >= 0.6 is 11.8 Å². The molecule has 0 aliphatic carbocycles. The molecule has 1 saturated heterocycles. The number of aromatic nitrogens is 1. The lowest BCUT2D eigenvalue weighted by Crippen LogP contribution is -2.50. The average Bonchev–Trinajstić information content (AvgIpc) is 3.14. The van der Waals surface area contributed by atoms with Crippen molar-refractivity contribution in [1.29, 1.82) is 0 Å². The first-order valence-electron chi connectivity index (χ1n) is 10.3. The highest BCUT2D eigenvalue weighted by Gasteiger charge is 2.58. The Morgan fingerprint density at radius 3 is 2.53 bits per heavy atom. The van der Waals surface area contributed by atoms with Gasteiger partial charge in [0, 0.05) is 23.3 Å². The molecule has 0 bridgehead atoms. The van der Waals surface area contributed by atoms with Gasteiger partial charge in [-0.25, -0.2) is 14.2 Å². The number of amides is 2. The monoisotopic (exact) mass is 456 g/mol. The fraction of sp³-hybridized carbons (Fsp3) is 0.391. The van der Waals surface area contributed by atoms with Crippen LogP contribution in [-0.4, -0.2) is 50.5 Å². The molecule has 32 heavy (non-hydrogen) atoms. The second-order valence-corrected chi connectivity index (χ2v) is 10.3. The molecule has 4 rings (SSSR count). The van der Waals surface area contributed by atoms with Crippen molar-refractivity contribution in [2.45, 2.75) is 31.6 Å². The van der Waals surface area contributed by atoms with Gasteiger partial charge in [0.25, 0.3) is 5.91 Å². The number of fused-ring (bicyclic) bond motifs is 1. The van der Waals surface area contributed by atoms with Crippen LogP contribution in [-0.2, 0) is 5.54 Å². The molecule has 2 aliphatic heterocycles. The van der Waals surface area contributed by atoms with Crippen molar-refractivity contribution in [1.82, 2.24) is 15.2 Å². The van der Waals surface area contributed by atoms with Crippen LogP contribution in [0, 0.1) is 17.2 Å². The molecule has 1 fully saturated rings. The van der Waals surface area contributed by atoms with E-state index in [1.54, 1.807) is 30.3 Å². The van der Waals surface area contributed by atoms with Crippen LogP contribution in [0.15, 0.2) is 53.7 Å². The van der Waals surface area contributed by atoms with Crippen molar-refractivity contribution in [2.75, 3.05) is 13.1 Å². The predicted molar refractivity (Wildman–Crippen MR) is 121 cm³/mol. The van der Waals surface area contributed by atoms with E-state index in [0.717, 1.165) is 6.20 Å². The van der Waals surface area contributed by atoms with Gasteiger partial charge < -0.3 is 15.3 Å². The number of pyridine rings is 1. The van der Waals surface area contributed by atoms with E-state index in [-0.39, 0.29) is 35.6 Å². The van der Waals surface area contributed by atoms with E-state index in [2.05, 4.69) is 31.1 Å².